The molecule has 1 N–H and O–H groups in total. The fourth-order valence-electron chi connectivity index (χ4n) is 3.49. The van der Waals surface area contributed by atoms with Crippen LogP contribution < -0.4 is 11.1 Å². The average Bonchev–Trinajstić information content (AvgIpc) is 2.99. The predicted octanol–water partition coefficient (Wildman–Crippen LogP) is 2.24. The summed E-state index contributed by atoms with van der Waals surface area (Å²) in [5.74, 6) is 0. The average molecular weight is 363 g/mol. The van der Waals surface area contributed by atoms with Crippen LogP contribution in [0.1, 0.15) is 30.3 Å². The summed E-state index contributed by atoms with van der Waals surface area (Å²) in [6.07, 6.45) is 3.72. The standard InChI is InChI=1S/C20H21N5O2/c1-3-15-13(2)23-25-18(26)11-14(22-19(15)25)7-6-10-24-12-21-17-9-5-4-8-16(17)20(24)27/h4-5,8-9,11-12,23H,3,6-7,10H2,1-2H3. The number of benzene rings is 1. The third kappa shape index (κ3) is 3.05. The van der Waals surface area contributed by atoms with Crippen LogP contribution >= 0.6 is 0 Å². The SMILES string of the molecule is CCc1c(C)[nH]n2c(=O)cc(CCCn3cnc4ccccc4c3=O)nc12. The number of hydrogen-bond donors (Lipinski definition) is 1. The van der Waals surface area contributed by atoms with Gasteiger partial charge in [0.1, 0.15) is 0 Å². The normalized spacial score (nSPS) is 11.5. The molecule has 0 saturated carbocycles. The van der Waals surface area contributed by atoms with Crippen molar-refractivity contribution >= 4 is 16.6 Å². The number of nitrogens with zero attached hydrogens (tertiary/aromatic N) is 4. The van der Waals surface area contributed by atoms with Gasteiger partial charge in [-0.2, -0.15) is 0 Å². The van der Waals surface area contributed by atoms with E-state index in [4.69, 9.17) is 0 Å². The summed E-state index contributed by atoms with van der Waals surface area (Å²) in [5, 5.41) is 3.69. The van der Waals surface area contributed by atoms with Crippen LogP contribution in [0.2, 0.25) is 0 Å². The molecule has 0 amide bonds. The van der Waals surface area contributed by atoms with Crippen LogP contribution in [0.4, 0.5) is 0 Å². The van der Waals surface area contributed by atoms with Crippen molar-refractivity contribution in [1.29, 1.82) is 0 Å². The lowest BCUT2D eigenvalue weighted by molar-refractivity contribution is 0.612. The lowest BCUT2D eigenvalue weighted by Crippen LogP contribution is -2.21. The molecule has 0 spiro atoms. The van der Waals surface area contributed by atoms with E-state index in [0.717, 1.165) is 23.4 Å². The van der Waals surface area contributed by atoms with E-state index < -0.39 is 0 Å². The van der Waals surface area contributed by atoms with Crippen LogP contribution in [0.5, 0.6) is 0 Å². The molecule has 138 valence electrons. The molecule has 0 aliphatic carbocycles. The summed E-state index contributed by atoms with van der Waals surface area (Å²) in [6.45, 7) is 4.53. The van der Waals surface area contributed by atoms with E-state index in [-0.39, 0.29) is 11.1 Å². The molecule has 0 bridgehead atoms. The van der Waals surface area contributed by atoms with Crippen LogP contribution in [0, 0.1) is 6.92 Å². The fraction of sp³-hybridized carbons (Fsp3) is 0.300. The first kappa shape index (κ1) is 17.2. The van der Waals surface area contributed by atoms with Gasteiger partial charge in [-0.05, 0) is 38.3 Å². The maximum absolute atomic E-state index is 12.5. The third-order valence-electron chi connectivity index (χ3n) is 4.89. The van der Waals surface area contributed by atoms with E-state index in [1.54, 1.807) is 23.0 Å². The second-order valence-corrected chi connectivity index (χ2v) is 6.68. The number of nitrogens with one attached hydrogen (secondary N) is 1. The highest BCUT2D eigenvalue weighted by Gasteiger charge is 2.11. The molecule has 0 aliphatic rings. The molecular weight excluding hydrogens is 342 g/mol. The van der Waals surface area contributed by atoms with Gasteiger partial charge < -0.3 is 0 Å². The fourth-order valence-corrected chi connectivity index (χ4v) is 3.49. The first-order valence-corrected chi connectivity index (χ1v) is 9.13. The van der Waals surface area contributed by atoms with Gasteiger partial charge in [0.25, 0.3) is 11.1 Å². The molecular formula is C20H21N5O2. The number of rotatable bonds is 5. The monoisotopic (exact) mass is 363 g/mol. The van der Waals surface area contributed by atoms with Gasteiger partial charge in [0.15, 0.2) is 5.65 Å². The molecule has 7 nitrogen and oxygen atoms in total. The molecule has 0 aliphatic heterocycles. The number of aryl methyl sites for hydroxylation is 4. The highest BCUT2D eigenvalue weighted by Crippen LogP contribution is 2.13. The van der Waals surface area contributed by atoms with Crippen molar-refractivity contribution in [3.63, 3.8) is 0 Å². The summed E-state index contributed by atoms with van der Waals surface area (Å²) >= 11 is 0. The Bertz CT molecular complexity index is 1250. The molecule has 4 aromatic rings. The second-order valence-electron chi connectivity index (χ2n) is 6.68. The number of aromatic amines is 1. The van der Waals surface area contributed by atoms with Crippen molar-refractivity contribution in [2.75, 3.05) is 0 Å². The zero-order valence-corrected chi connectivity index (χ0v) is 15.4. The highest BCUT2D eigenvalue weighted by molar-refractivity contribution is 5.76. The Balaban J connectivity index is 1.57. The van der Waals surface area contributed by atoms with Gasteiger partial charge in [-0.15, -0.1) is 0 Å². The molecule has 27 heavy (non-hydrogen) atoms. The van der Waals surface area contributed by atoms with Crippen molar-refractivity contribution in [2.24, 2.45) is 0 Å². The Morgan fingerprint density at radius 3 is 2.81 bits per heavy atom. The number of H-pyrrole nitrogens is 1. The van der Waals surface area contributed by atoms with Crippen LogP contribution in [-0.4, -0.2) is 24.1 Å². The largest absolute Gasteiger partial charge is 0.299 e. The number of fused-ring (bicyclic) bond motifs is 2. The molecule has 7 heteroatoms. The predicted molar refractivity (Wildman–Crippen MR) is 104 cm³/mol. The van der Waals surface area contributed by atoms with E-state index in [1.165, 1.54) is 4.52 Å². The van der Waals surface area contributed by atoms with Crippen LogP contribution in [0.25, 0.3) is 16.6 Å². The van der Waals surface area contributed by atoms with E-state index in [1.807, 2.05) is 32.0 Å². The summed E-state index contributed by atoms with van der Waals surface area (Å²) in [6, 6.07) is 8.89. The minimum atomic E-state index is -0.109. The number of aromatic nitrogens is 5. The smallest absolute Gasteiger partial charge is 0.272 e. The van der Waals surface area contributed by atoms with Gasteiger partial charge in [0.2, 0.25) is 0 Å². The van der Waals surface area contributed by atoms with Crippen LogP contribution in [-0.2, 0) is 19.4 Å². The zero-order chi connectivity index (χ0) is 19.0. The molecule has 3 heterocycles. The van der Waals surface area contributed by atoms with Crippen molar-refractivity contribution < 1.29 is 0 Å². The van der Waals surface area contributed by atoms with E-state index in [2.05, 4.69) is 15.1 Å². The minimum absolute atomic E-state index is 0.0430. The highest BCUT2D eigenvalue weighted by atomic mass is 16.1. The van der Waals surface area contributed by atoms with Gasteiger partial charge in [-0.1, -0.05) is 19.1 Å². The lowest BCUT2D eigenvalue weighted by Gasteiger charge is -2.06. The number of hydrogen-bond acceptors (Lipinski definition) is 4. The van der Waals surface area contributed by atoms with Crippen LogP contribution in [0.15, 0.2) is 46.2 Å². The van der Waals surface area contributed by atoms with Gasteiger partial charge in [0.05, 0.1) is 17.2 Å². The Hall–Kier alpha value is -3.22. The van der Waals surface area contributed by atoms with Crippen molar-refractivity contribution in [2.45, 2.75) is 39.7 Å². The molecule has 0 unspecified atom stereocenters. The molecule has 0 atom stereocenters. The third-order valence-corrected chi connectivity index (χ3v) is 4.89. The molecule has 0 radical (unpaired) electrons. The quantitative estimate of drug-likeness (QED) is 0.589. The summed E-state index contributed by atoms with van der Waals surface area (Å²) in [5.41, 5.74) is 4.02. The first-order chi connectivity index (χ1) is 13.1. The van der Waals surface area contributed by atoms with Crippen molar-refractivity contribution in [3.8, 4) is 0 Å². The zero-order valence-electron chi connectivity index (χ0n) is 15.4. The topological polar surface area (TPSA) is 85.0 Å². The van der Waals surface area contributed by atoms with Gasteiger partial charge in [-0.25, -0.2) is 14.5 Å². The van der Waals surface area contributed by atoms with Gasteiger partial charge >= 0.3 is 0 Å². The molecule has 1 aromatic carbocycles. The van der Waals surface area contributed by atoms with Crippen molar-refractivity contribution in [3.05, 3.63) is 74.3 Å². The second kappa shape index (κ2) is 6.83. The molecule has 0 saturated heterocycles. The Morgan fingerprint density at radius 1 is 1.19 bits per heavy atom. The van der Waals surface area contributed by atoms with Gasteiger partial charge in [0, 0.05) is 29.6 Å². The minimum Gasteiger partial charge on any atom is -0.299 e. The summed E-state index contributed by atoms with van der Waals surface area (Å²) in [7, 11) is 0. The summed E-state index contributed by atoms with van der Waals surface area (Å²) < 4.78 is 3.11. The maximum atomic E-state index is 12.5. The first-order valence-electron chi connectivity index (χ1n) is 9.13. The lowest BCUT2D eigenvalue weighted by atomic mass is 10.2. The maximum Gasteiger partial charge on any atom is 0.272 e. The summed E-state index contributed by atoms with van der Waals surface area (Å²) in [4.78, 5) is 33.9. The van der Waals surface area contributed by atoms with E-state index >= 15 is 0 Å². The Kier molecular flexibility index (Phi) is 4.35. The molecule has 0 fully saturated rings. The Labute approximate surface area is 155 Å². The van der Waals surface area contributed by atoms with Crippen molar-refractivity contribution in [1.82, 2.24) is 24.1 Å². The Morgan fingerprint density at radius 2 is 2.00 bits per heavy atom. The van der Waals surface area contributed by atoms with Crippen LogP contribution in [0.3, 0.4) is 0 Å². The van der Waals surface area contributed by atoms with Gasteiger partial charge in [-0.3, -0.25) is 19.3 Å². The van der Waals surface area contributed by atoms with E-state index in [9.17, 15) is 9.59 Å². The van der Waals surface area contributed by atoms with E-state index in [0.29, 0.717) is 35.9 Å². The number of para-hydroxylation sites is 1. The molecule has 4 rings (SSSR count). The molecule has 3 aromatic heterocycles.